The second-order valence-corrected chi connectivity index (χ2v) is 3.95. The molecule has 1 aromatic carbocycles. The van der Waals surface area contributed by atoms with Crippen molar-refractivity contribution in [1.29, 1.82) is 5.26 Å². The van der Waals surface area contributed by atoms with Crippen molar-refractivity contribution in [3.63, 3.8) is 0 Å². The van der Waals surface area contributed by atoms with Crippen LogP contribution >= 0.6 is 0 Å². The van der Waals surface area contributed by atoms with Crippen LogP contribution in [0.1, 0.15) is 12.0 Å². The molecule has 1 amide bonds. The topological polar surface area (TPSA) is 74.2 Å². The fraction of sp³-hybridized carbons (Fsp3) is 0.385. The van der Waals surface area contributed by atoms with E-state index in [1.165, 1.54) is 7.11 Å². The van der Waals surface area contributed by atoms with Gasteiger partial charge in [0.05, 0.1) is 18.2 Å². The average Bonchev–Trinajstić information content (AvgIpc) is 2.41. The van der Waals surface area contributed by atoms with Crippen LogP contribution in [-0.4, -0.2) is 32.7 Å². The first-order valence-electron chi connectivity index (χ1n) is 5.97. The minimum Gasteiger partial charge on any atom is -0.383 e. The van der Waals surface area contributed by atoms with E-state index < -0.39 is 11.6 Å². The van der Waals surface area contributed by atoms with Gasteiger partial charge in [-0.1, -0.05) is 0 Å². The van der Waals surface area contributed by atoms with E-state index >= 15 is 0 Å². The zero-order valence-electron chi connectivity index (χ0n) is 11.0. The number of hydrogen-bond donors (Lipinski definition) is 2. The fourth-order valence-electron chi connectivity index (χ4n) is 1.49. The number of nitriles is 1. The Bertz CT molecular complexity index is 492. The number of anilines is 1. The fourth-order valence-corrected chi connectivity index (χ4v) is 1.49. The van der Waals surface area contributed by atoms with Gasteiger partial charge in [0.2, 0.25) is 5.91 Å². The zero-order valence-corrected chi connectivity index (χ0v) is 11.0. The molecule has 0 saturated carbocycles. The molecule has 1 rings (SSSR count). The summed E-state index contributed by atoms with van der Waals surface area (Å²) in [4.78, 5) is 11.3. The maximum absolute atomic E-state index is 13.5. The second kappa shape index (κ2) is 8.07. The number of carbonyl (C=O) groups is 1. The molecule has 7 heteroatoms. The molecular weight excluding hydrogens is 268 g/mol. The number of nitrogens with zero attached hydrogens (tertiary/aromatic N) is 1. The number of carbonyl (C=O) groups excluding carboxylic acids is 1. The third kappa shape index (κ3) is 4.82. The van der Waals surface area contributed by atoms with Gasteiger partial charge in [-0.3, -0.25) is 4.79 Å². The lowest BCUT2D eigenvalue weighted by molar-refractivity contribution is -0.121. The Labute approximate surface area is 115 Å². The Kier molecular flexibility index (Phi) is 6.40. The summed E-state index contributed by atoms with van der Waals surface area (Å²) in [6.07, 6.45) is 0.0720. The molecule has 0 aromatic heterocycles. The molecule has 2 N–H and O–H groups in total. The average molecular weight is 283 g/mol. The summed E-state index contributed by atoms with van der Waals surface area (Å²) in [5, 5.41) is 13.6. The first-order valence-corrected chi connectivity index (χ1v) is 5.97. The molecule has 0 unspecified atom stereocenters. The quantitative estimate of drug-likeness (QED) is 0.742. The van der Waals surface area contributed by atoms with Gasteiger partial charge in [0.15, 0.2) is 11.6 Å². The predicted octanol–water partition coefficient (Wildman–Crippen LogP) is 1.40. The van der Waals surface area contributed by atoms with Gasteiger partial charge in [0.1, 0.15) is 5.69 Å². The van der Waals surface area contributed by atoms with Crippen molar-refractivity contribution in [3.05, 3.63) is 29.3 Å². The highest BCUT2D eigenvalue weighted by Crippen LogP contribution is 2.20. The Morgan fingerprint density at radius 2 is 2.00 bits per heavy atom. The Morgan fingerprint density at radius 1 is 1.35 bits per heavy atom. The lowest BCUT2D eigenvalue weighted by Gasteiger charge is -2.09. The molecule has 5 nitrogen and oxygen atoms in total. The van der Waals surface area contributed by atoms with Gasteiger partial charge in [-0.25, -0.2) is 8.78 Å². The van der Waals surface area contributed by atoms with Crippen LogP contribution in [0, 0.1) is 23.0 Å². The molecular formula is C13H15F2N3O2. The molecule has 1 aromatic rings. The van der Waals surface area contributed by atoms with Gasteiger partial charge in [0.25, 0.3) is 0 Å². The van der Waals surface area contributed by atoms with Crippen LogP contribution in [0.25, 0.3) is 0 Å². The number of ether oxygens (including phenoxy) is 1. The molecule has 0 bridgehead atoms. The maximum Gasteiger partial charge on any atom is 0.221 e. The molecule has 0 atom stereocenters. The van der Waals surface area contributed by atoms with E-state index in [-0.39, 0.29) is 30.1 Å². The maximum atomic E-state index is 13.5. The second-order valence-electron chi connectivity index (χ2n) is 3.95. The van der Waals surface area contributed by atoms with Crippen molar-refractivity contribution in [2.75, 3.05) is 32.1 Å². The third-order valence-corrected chi connectivity index (χ3v) is 2.45. The summed E-state index contributed by atoms with van der Waals surface area (Å²) in [6, 6.07) is 3.52. The zero-order chi connectivity index (χ0) is 15.0. The van der Waals surface area contributed by atoms with E-state index in [0.717, 1.165) is 12.1 Å². The number of methoxy groups -OCH3 is 1. The van der Waals surface area contributed by atoms with Gasteiger partial charge < -0.3 is 15.4 Å². The summed E-state index contributed by atoms with van der Waals surface area (Å²) in [5.41, 5.74) is -0.434. The predicted molar refractivity (Wildman–Crippen MR) is 69.1 cm³/mol. The van der Waals surface area contributed by atoms with Crippen molar-refractivity contribution >= 4 is 11.6 Å². The summed E-state index contributed by atoms with van der Waals surface area (Å²) in [7, 11) is 1.52. The lowest BCUT2D eigenvalue weighted by Crippen LogP contribution is -2.28. The number of benzene rings is 1. The van der Waals surface area contributed by atoms with Crippen LogP contribution in [0.2, 0.25) is 0 Å². The molecule has 20 heavy (non-hydrogen) atoms. The smallest absolute Gasteiger partial charge is 0.221 e. The van der Waals surface area contributed by atoms with E-state index in [9.17, 15) is 13.6 Å². The minimum absolute atomic E-state index is 0.0720. The van der Waals surface area contributed by atoms with Crippen LogP contribution in [-0.2, 0) is 9.53 Å². The Hall–Kier alpha value is -2.20. The van der Waals surface area contributed by atoms with Gasteiger partial charge in [-0.15, -0.1) is 0 Å². The van der Waals surface area contributed by atoms with E-state index in [0.29, 0.717) is 13.2 Å². The lowest BCUT2D eigenvalue weighted by atomic mass is 10.2. The van der Waals surface area contributed by atoms with Crippen LogP contribution in [0.3, 0.4) is 0 Å². The van der Waals surface area contributed by atoms with E-state index in [2.05, 4.69) is 10.6 Å². The summed E-state index contributed by atoms with van der Waals surface area (Å²) in [5.74, 6) is -1.97. The SMILES string of the molecule is COCCNC(=O)CCNc1c(F)cc(C#N)cc1F. The molecule has 0 heterocycles. The number of rotatable bonds is 7. The number of halogens is 2. The summed E-state index contributed by atoms with van der Waals surface area (Å²) in [6.45, 7) is 0.867. The molecule has 0 aliphatic rings. The minimum atomic E-state index is -0.860. The molecule has 0 spiro atoms. The van der Waals surface area contributed by atoms with Crippen molar-refractivity contribution in [2.45, 2.75) is 6.42 Å². The third-order valence-electron chi connectivity index (χ3n) is 2.45. The van der Waals surface area contributed by atoms with Crippen LogP contribution in [0.4, 0.5) is 14.5 Å². The first kappa shape index (κ1) is 15.9. The van der Waals surface area contributed by atoms with Gasteiger partial charge in [-0.05, 0) is 12.1 Å². The van der Waals surface area contributed by atoms with E-state index in [1.54, 1.807) is 6.07 Å². The largest absolute Gasteiger partial charge is 0.383 e. The Morgan fingerprint density at radius 3 is 2.55 bits per heavy atom. The normalized spacial score (nSPS) is 9.90. The first-order chi connectivity index (χ1) is 9.58. The molecule has 0 saturated heterocycles. The highest BCUT2D eigenvalue weighted by molar-refractivity contribution is 5.76. The monoisotopic (exact) mass is 283 g/mol. The molecule has 0 radical (unpaired) electrons. The number of nitrogens with one attached hydrogen (secondary N) is 2. The van der Waals surface area contributed by atoms with Crippen LogP contribution < -0.4 is 10.6 Å². The molecule has 0 aliphatic heterocycles. The molecule has 0 fully saturated rings. The van der Waals surface area contributed by atoms with Crippen LogP contribution in [0.5, 0.6) is 0 Å². The highest BCUT2D eigenvalue weighted by atomic mass is 19.1. The standard InChI is InChI=1S/C13H15F2N3O2/c1-20-5-4-17-12(19)2-3-18-13-10(14)6-9(8-16)7-11(13)15/h6-7,18H,2-5H2,1H3,(H,17,19). The van der Waals surface area contributed by atoms with Crippen molar-refractivity contribution in [1.82, 2.24) is 5.32 Å². The summed E-state index contributed by atoms with van der Waals surface area (Å²) >= 11 is 0. The Balaban J connectivity index is 2.47. The van der Waals surface area contributed by atoms with E-state index in [1.807, 2.05) is 0 Å². The van der Waals surface area contributed by atoms with Gasteiger partial charge in [-0.2, -0.15) is 5.26 Å². The molecule has 0 aliphatic carbocycles. The van der Waals surface area contributed by atoms with E-state index in [4.69, 9.17) is 10.00 Å². The number of hydrogen-bond acceptors (Lipinski definition) is 4. The van der Waals surface area contributed by atoms with Crippen molar-refractivity contribution < 1.29 is 18.3 Å². The molecule has 108 valence electrons. The number of amides is 1. The summed E-state index contributed by atoms with van der Waals surface area (Å²) < 4.78 is 31.8. The van der Waals surface area contributed by atoms with Crippen molar-refractivity contribution in [2.24, 2.45) is 0 Å². The van der Waals surface area contributed by atoms with Crippen molar-refractivity contribution in [3.8, 4) is 6.07 Å². The van der Waals surface area contributed by atoms with Gasteiger partial charge >= 0.3 is 0 Å². The highest BCUT2D eigenvalue weighted by Gasteiger charge is 2.11. The van der Waals surface area contributed by atoms with Crippen LogP contribution in [0.15, 0.2) is 12.1 Å². The van der Waals surface area contributed by atoms with Gasteiger partial charge in [0, 0.05) is 26.6 Å².